The van der Waals surface area contributed by atoms with Gasteiger partial charge in [-0.3, -0.25) is 4.79 Å². The lowest BCUT2D eigenvalue weighted by atomic mass is 9.65. The highest BCUT2D eigenvalue weighted by Crippen LogP contribution is 2.52. The predicted octanol–water partition coefficient (Wildman–Crippen LogP) is 3.64. The van der Waals surface area contributed by atoms with Crippen LogP contribution in [-0.4, -0.2) is 70.1 Å². The lowest BCUT2D eigenvalue weighted by molar-refractivity contribution is -0.159. The number of aliphatic carboxylic acids is 2. The maximum Gasteiger partial charge on any atom is 0.414 e. The van der Waals surface area contributed by atoms with Crippen LogP contribution in [-0.2, 0) is 14.4 Å². The molecule has 2 bridgehead atoms. The van der Waals surface area contributed by atoms with Gasteiger partial charge in [0.2, 0.25) is 5.91 Å². The molecule has 7 heteroatoms. The van der Waals surface area contributed by atoms with E-state index in [1.807, 2.05) is 0 Å². The lowest BCUT2D eigenvalue weighted by Crippen LogP contribution is -2.45. The first kappa shape index (κ1) is 24.7. The molecule has 0 radical (unpaired) electrons. The molecule has 2 aliphatic carbocycles. The summed E-state index contributed by atoms with van der Waals surface area (Å²) in [4.78, 5) is 36.4. The summed E-state index contributed by atoms with van der Waals surface area (Å²) in [6, 6.07) is 0.503. The second-order valence-electron chi connectivity index (χ2n) is 11.5. The third kappa shape index (κ3) is 6.33. The number of hydrogen-bond acceptors (Lipinski definition) is 4. The zero-order valence-electron chi connectivity index (χ0n) is 19.9. The Labute approximate surface area is 191 Å². The smallest absolute Gasteiger partial charge is 0.414 e. The maximum atomic E-state index is 13.3. The van der Waals surface area contributed by atoms with Gasteiger partial charge in [0, 0.05) is 25.0 Å². The summed E-state index contributed by atoms with van der Waals surface area (Å²) >= 11 is 0. The molecule has 2 heterocycles. The number of carboxylic acids is 2. The molecule has 4 aliphatic rings. The number of carbonyl (C=O) groups excluding carboxylic acids is 1. The Morgan fingerprint density at radius 3 is 2.19 bits per heavy atom. The SMILES string of the molecule is CC1(C)CC2CC(C)(CN2C(=O)C2CCN(CC3CC=CCC3)CC2)C1.O=C(O)C(=O)O. The molecule has 2 saturated heterocycles. The van der Waals surface area contributed by atoms with Crippen molar-refractivity contribution >= 4 is 17.8 Å². The minimum Gasteiger partial charge on any atom is -0.473 e. The summed E-state index contributed by atoms with van der Waals surface area (Å²) in [5.41, 5.74) is 0.752. The van der Waals surface area contributed by atoms with Crippen LogP contribution >= 0.6 is 0 Å². The Balaban J connectivity index is 0.000000427. The summed E-state index contributed by atoms with van der Waals surface area (Å²) < 4.78 is 0. The molecule has 180 valence electrons. The molecule has 1 amide bonds. The van der Waals surface area contributed by atoms with Gasteiger partial charge >= 0.3 is 11.9 Å². The van der Waals surface area contributed by atoms with Gasteiger partial charge in [0.15, 0.2) is 0 Å². The number of allylic oxidation sites excluding steroid dienone is 2. The lowest BCUT2D eigenvalue weighted by Gasteiger charge is -2.40. The average Bonchev–Trinajstić information content (AvgIpc) is 2.98. The van der Waals surface area contributed by atoms with Crippen LogP contribution in [0.5, 0.6) is 0 Å². The van der Waals surface area contributed by atoms with E-state index in [0.717, 1.165) is 38.4 Å². The minimum atomic E-state index is -1.82. The zero-order chi connectivity index (χ0) is 23.5. The van der Waals surface area contributed by atoms with Gasteiger partial charge in [-0.05, 0) is 81.2 Å². The molecule has 1 saturated carbocycles. The number of carbonyl (C=O) groups is 3. The van der Waals surface area contributed by atoms with Crippen molar-refractivity contribution in [3.05, 3.63) is 12.2 Å². The van der Waals surface area contributed by atoms with Crippen molar-refractivity contribution in [3.63, 3.8) is 0 Å². The van der Waals surface area contributed by atoms with Crippen molar-refractivity contribution in [2.24, 2.45) is 22.7 Å². The first-order valence-electron chi connectivity index (χ1n) is 12.1. The van der Waals surface area contributed by atoms with Crippen molar-refractivity contribution in [1.29, 1.82) is 0 Å². The number of carboxylic acid groups (broad SMARTS) is 2. The van der Waals surface area contributed by atoms with E-state index in [4.69, 9.17) is 19.8 Å². The molecule has 3 unspecified atom stereocenters. The van der Waals surface area contributed by atoms with Crippen LogP contribution in [0.15, 0.2) is 12.2 Å². The van der Waals surface area contributed by atoms with Crippen LogP contribution in [0.4, 0.5) is 0 Å². The van der Waals surface area contributed by atoms with Crippen LogP contribution in [0.25, 0.3) is 0 Å². The molecule has 2 aliphatic heterocycles. The van der Waals surface area contributed by atoms with Gasteiger partial charge in [-0.15, -0.1) is 0 Å². The van der Waals surface area contributed by atoms with Crippen molar-refractivity contribution in [3.8, 4) is 0 Å². The molecule has 2 N–H and O–H groups in total. The molecule has 0 aromatic rings. The normalized spacial score (nSPS) is 32.2. The molecular formula is C25H40N2O5. The molecule has 3 atom stereocenters. The molecule has 4 rings (SSSR count). The van der Waals surface area contributed by atoms with Crippen LogP contribution in [0, 0.1) is 22.7 Å². The third-order valence-corrected chi connectivity index (χ3v) is 7.71. The molecule has 0 aromatic carbocycles. The van der Waals surface area contributed by atoms with Crippen LogP contribution in [0.1, 0.15) is 72.1 Å². The molecule has 32 heavy (non-hydrogen) atoms. The molecular weight excluding hydrogens is 408 g/mol. The number of amides is 1. The Kier molecular flexibility index (Phi) is 7.69. The Morgan fingerprint density at radius 1 is 0.969 bits per heavy atom. The minimum absolute atomic E-state index is 0.281. The average molecular weight is 449 g/mol. The largest absolute Gasteiger partial charge is 0.473 e. The molecule has 3 fully saturated rings. The van der Waals surface area contributed by atoms with E-state index < -0.39 is 11.9 Å². The van der Waals surface area contributed by atoms with Crippen molar-refractivity contribution in [2.75, 3.05) is 26.2 Å². The van der Waals surface area contributed by atoms with Crippen LogP contribution in [0.3, 0.4) is 0 Å². The van der Waals surface area contributed by atoms with Gasteiger partial charge in [0.05, 0.1) is 0 Å². The zero-order valence-corrected chi connectivity index (χ0v) is 19.9. The number of fused-ring (bicyclic) bond motifs is 2. The second kappa shape index (κ2) is 9.94. The van der Waals surface area contributed by atoms with Gasteiger partial charge in [-0.1, -0.05) is 32.9 Å². The van der Waals surface area contributed by atoms with Gasteiger partial charge in [-0.25, -0.2) is 9.59 Å². The van der Waals surface area contributed by atoms with Gasteiger partial charge in [0.25, 0.3) is 0 Å². The Morgan fingerprint density at radius 2 is 1.62 bits per heavy atom. The maximum absolute atomic E-state index is 13.3. The highest BCUT2D eigenvalue weighted by molar-refractivity contribution is 6.27. The fraction of sp³-hybridized carbons (Fsp3) is 0.800. The first-order chi connectivity index (χ1) is 15.0. The van der Waals surface area contributed by atoms with Crippen molar-refractivity contribution < 1.29 is 24.6 Å². The molecule has 0 spiro atoms. The summed E-state index contributed by atoms with van der Waals surface area (Å²) in [7, 11) is 0. The quantitative estimate of drug-likeness (QED) is 0.505. The van der Waals surface area contributed by atoms with Crippen LogP contribution < -0.4 is 0 Å². The highest BCUT2D eigenvalue weighted by atomic mass is 16.4. The summed E-state index contributed by atoms with van der Waals surface area (Å²) in [5.74, 6) is -2.04. The number of hydrogen-bond donors (Lipinski definition) is 2. The second-order valence-corrected chi connectivity index (χ2v) is 11.5. The number of likely N-dealkylation sites (tertiary alicyclic amines) is 2. The molecule has 0 aromatic heterocycles. The summed E-state index contributed by atoms with van der Waals surface area (Å²) in [6.07, 6.45) is 14.4. The third-order valence-electron chi connectivity index (χ3n) is 7.71. The highest BCUT2D eigenvalue weighted by Gasteiger charge is 2.51. The number of piperidine rings is 1. The predicted molar refractivity (Wildman–Crippen MR) is 122 cm³/mol. The van der Waals surface area contributed by atoms with Gasteiger partial charge in [0.1, 0.15) is 0 Å². The van der Waals surface area contributed by atoms with E-state index in [1.54, 1.807) is 0 Å². The molecule has 7 nitrogen and oxygen atoms in total. The standard InChI is InChI=1S/C23H38N2O.C2H2O4/c1-22(2)13-20-14-23(3,16-22)17-25(20)21(26)19-9-11-24(12-10-19)15-18-7-5-4-6-8-18;3-1(4)2(5)6/h4-5,18-20H,6-17H2,1-3H3;(H,3,4)(H,5,6). The first-order valence-corrected chi connectivity index (χ1v) is 12.1. The van der Waals surface area contributed by atoms with E-state index in [0.29, 0.717) is 22.8 Å². The van der Waals surface area contributed by atoms with E-state index in [2.05, 4.69) is 42.7 Å². The fourth-order valence-electron chi connectivity index (χ4n) is 6.70. The van der Waals surface area contributed by atoms with E-state index >= 15 is 0 Å². The summed E-state index contributed by atoms with van der Waals surface area (Å²) in [6.45, 7) is 11.7. The van der Waals surface area contributed by atoms with E-state index in [1.165, 1.54) is 45.1 Å². The van der Waals surface area contributed by atoms with Gasteiger partial charge < -0.3 is 20.0 Å². The fourth-order valence-corrected chi connectivity index (χ4v) is 6.70. The number of rotatable bonds is 3. The van der Waals surface area contributed by atoms with E-state index in [9.17, 15) is 4.79 Å². The Hall–Kier alpha value is -1.89. The van der Waals surface area contributed by atoms with Gasteiger partial charge in [-0.2, -0.15) is 0 Å². The van der Waals surface area contributed by atoms with E-state index in [-0.39, 0.29) is 5.92 Å². The summed E-state index contributed by atoms with van der Waals surface area (Å²) in [5, 5.41) is 14.8. The monoisotopic (exact) mass is 448 g/mol. The van der Waals surface area contributed by atoms with Crippen LogP contribution in [0.2, 0.25) is 0 Å². The topological polar surface area (TPSA) is 98.2 Å². The van der Waals surface area contributed by atoms with Crippen molar-refractivity contribution in [2.45, 2.75) is 78.2 Å². The Bertz CT molecular complexity index is 729. The van der Waals surface area contributed by atoms with Crippen molar-refractivity contribution in [1.82, 2.24) is 9.80 Å². The number of nitrogens with zero attached hydrogens (tertiary/aromatic N) is 2.